The summed E-state index contributed by atoms with van der Waals surface area (Å²) in [5.74, 6) is 0.381. The van der Waals surface area contributed by atoms with Gasteiger partial charge in [0.1, 0.15) is 6.61 Å². The maximum atomic E-state index is 12.6. The van der Waals surface area contributed by atoms with E-state index in [9.17, 15) is 4.79 Å². The van der Waals surface area contributed by atoms with Gasteiger partial charge in [0.15, 0.2) is 0 Å². The van der Waals surface area contributed by atoms with Crippen LogP contribution in [0.5, 0.6) is 0 Å². The quantitative estimate of drug-likeness (QED) is 0.387. The monoisotopic (exact) mass is 457 g/mol. The topological polar surface area (TPSA) is 26.3 Å². The van der Waals surface area contributed by atoms with Gasteiger partial charge in [-0.2, -0.15) is 0 Å². The van der Waals surface area contributed by atoms with E-state index in [2.05, 4.69) is 27.0 Å². The maximum absolute atomic E-state index is 12.6. The Morgan fingerprint density at radius 1 is 1.04 bits per heavy atom. The van der Waals surface area contributed by atoms with E-state index >= 15 is 0 Å². The van der Waals surface area contributed by atoms with E-state index in [1.54, 1.807) is 0 Å². The van der Waals surface area contributed by atoms with Crippen LogP contribution in [0.25, 0.3) is 0 Å². The molecule has 3 atom stereocenters. The molecule has 0 radical (unpaired) electrons. The lowest BCUT2D eigenvalue weighted by atomic mass is 9.82. The summed E-state index contributed by atoms with van der Waals surface area (Å²) >= 11 is 0. The molecule has 0 N–H and O–H groups in total. The zero-order chi connectivity index (χ0) is 17.3. The number of halogens is 1. The molecule has 0 amide bonds. The highest BCUT2D eigenvalue weighted by Crippen LogP contribution is 2.36. The van der Waals surface area contributed by atoms with Crippen LogP contribution in [0.2, 0.25) is 0 Å². The van der Waals surface area contributed by atoms with Crippen LogP contribution in [-0.4, -0.2) is 43.2 Å². The average molecular weight is 457 g/mol. The Balaban J connectivity index is 0.00000225. The number of piperidine rings is 2. The molecule has 2 saturated heterocycles. The van der Waals surface area contributed by atoms with E-state index in [1.807, 2.05) is 13.0 Å². The van der Waals surface area contributed by atoms with E-state index in [1.165, 1.54) is 55.2 Å². The Labute approximate surface area is 169 Å². The molecule has 1 unspecified atom stereocenters. The summed E-state index contributed by atoms with van der Waals surface area (Å²) in [6.07, 6.45) is 6.44. The zero-order valence-electron chi connectivity index (χ0n) is 16.1. The summed E-state index contributed by atoms with van der Waals surface area (Å²) in [5.41, 5.74) is 4.13. The fourth-order valence-corrected chi connectivity index (χ4v) is 4.87. The van der Waals surface area contributed by atoms with E-state index in [-0.39, 0.29) is 29.9 Å². The van der Waals surface area contributed by atoms with Gasteiger partial charge in [0.05, 0.1) is 31.7 Å². The third kappa shape index (κ3) is 4.38. The number of hydrogen-bond acceptors (Lipinski definition) is 2. The third-order valence-electron chi connectivity index (χ3n) is 6.50. The van der Waals surface area contributed by atoms with Crippen molar-refractivity contribution in [1.29, 1.82) is 0 Å². The van der Waals surface area contributed by atoms with Gasteiger partial charge in [0, 0.05) is 12.3 Å². The largest absolute Gasteiger partial charge is 1.00 e. The summed E-state index contributed by atoms with van der Waals surface area (Å²) in [6, 6.07) is 4.75. The van der Waals surface area contributed by atoms with Crippen molar-refractivity contribution in [2.24, 2.45) is 5.92 Å². The Hall–Kier alpha value is -0.620. The molecule has 0 spiro atoms. The summed E-state index contributed by atoms with van der Waals surface area (Å²) in [5, 5.41) is 0. The molecule has 0 aromatic heterocycles. The first-order valence-corrected chi connectivity index (χ1v) is 9.50. The van der Waals surface area contributed by atoms with Crippen molar-refractivity contribution in [3.8, 4) is 0 Å². The lowest BCUT2D eigenvalue weighted by Crippen LogP contribution is -3.00. The molecular formula is C21H32INO2. The predicted molar refractivity (Wildman–Crippen MR) is 97.2 cm³/mol. The van der Waals surface area contributed by atoms with Crippen LogP contribution < -0.4 is 24.0 Å². The molecule has 2 aliphatic heterocycles. The minimum Gasteiger partial charge on any atom is -1.00 e. The molecule has 140 valence electrons. The van der Waals surface area contributed by atoms with Gasteiger partial charge in [-0.15, -0.1) is 0 Å². The maximum Gasteiger partial charge on any atom is 0.338 e. The van der Waals surface area contributed by atoms with Crippen molar-refractivity contribution in [3.05, 3.63) is 34.4 Å². The van der Waals surface area contributed by atoms with Gasteiger partial charge in [-0.05, 0) is 69.2 Å². The van der Waals surface area contributed by atoms with Crippen molar-refractivity contribution in [2.75, 3.05) is 26.7 Å². The van der Waals surface area contributed by atoms with Gasteiger partial charge in [0.2, 0.25) is 0 Å². The van der Waals surface area contributed by atoms with Gasteiger partial charge in [-0.1, -0.05) is 6.07 Å². The smallest absolute Gasteiger partial charge is 0.338 e. The Kier molecular flexibility index (Phi) is 6.94. The number of ether oxygens (including phenoxy) is 1. The number of aryl methyl sites for hydroxylation is 3. The number of quaternary nitrogens is 1. The van der Waals surface area contributed by atoms with Crippen LogP contribution in [0.1, 0.15) is 59.2 Å². The van der Waals surface area contributed by atoms with Crippen LogP contribution in [0.15, 0.2) is 12.1 Å². The molecule has 1 aromatic carbocycles. The fourth-order valence-electron chi connectivity index (χ4n) is 4.87. The molecule has 1 aromatic rings. The van der Waals surface area contributed by atoms with Crippen LogP contribution in [-0.2, 0) is 4.74 Å². The van der Waals surface area contributed by atoms with Crippen LogP contribution in [0.3, 0.4) is 0 Å². The number of carbonyl (C=O) groups excluding carboxylic acids is 1. The number of rotatable bonds is 3. The van der Waals surface area contributed by atoms with E-state index in [0.29, 0.717) is 18.6 Å². The van der Waals surface area contributed by atoms with Crippen molar-refractivity contribution in [1.82, 2.24) is 0 Å². The molecule has 2 aliphatic rings. The molecule has 0 saturated carbocycles. The summed E-state index contributed by atoms with van der Waals surface area (Å²) in [7, 11) is 2.41. The van der Waals surface area contributed by atoms with Crippen molar-refractivity contribution < 1.29 is 38.0 Å². The molecule has 0 bridgehead atoms. The van der Waals surface area contributed by atoms with Gasteiger partial charge >= 0.3 is 5.97 Å². The Morgan fingerprint density at radius 3 is 2.48 bits per heavy atom. The molecule has 4 heteroatoms. The predicted octanol–water partition coefficient (Wildman–Crippen LogP) is 1.18. The van der Waals surface area contributed by atoms with Gasteiger partial charge in [0.25, 0.3) is 0 Å². The van der Waals surface area contributed by atoms with Crippen molar-refractivity contribution >= 4 is 5.97 Å². The van der Waals surface area contributed by atoms with Crippen LogP contribution in [0.4, 0.5) is 0 Å². The summed E-state index contributed by atoms with van der Waals surface area (Å²) in [4.78, 5) is 12.6. The third-order valence-corrected chi connectivity index (χ3v) is 6.50. The molecule has 0 aliphatic carbocycles. The molecule has 2 fully saturated rings. The fraction of sp³-hybridized carbons (Fsp3) is 0.667. The molecule has 3 nitrogen and oxygen atoms in total. The standard InChI is InChI=1S/C21H32NO2.HI/c1-15-12-17(3)19(13-16(15)2)21(23)24-14-18-8-7-11-22(4)10-6-5-9-20(18)22;/h12-13,18,20H,5-11,14H2,1-4H3;1H/q+1;/p-1/t18-,20+,22?;/m0./s1. The van der Waals surface area contributed by atoms with Crippen LogP contribution in [0, 0.1) is 26.7 Å². The lowest BCUT2D eigenvalue weighted by Gasteiger charge is -2.51. The highest BCUT2D eigenvalue weighted by atomic mass is 127. The second-order valence-electron chi connectivity index (χ2n) is 8.24. The number of carbonyl (C=O) groups is 1. The van der Waals surface area contributed by atoms with Gasteiger partial charge < -0.3 is 33.2 Å². The van der Waals surface area contributed by atoms with Crippen LogP contribution >= 0.6 is 0 Å². The number of fused-ring (bicyclic) bond motifs is 1. The first-order valence-electron chi connectivity index (χ1n) is 9.50. The summed E-state index contributed by atoms with van der Waals surface area (Å²) < 4.78 is 6.99. The summed E-state index contributed by atoms with van der Waals surface area (Å²) in [6.45, 7) is 9.32. The SMILES string of the molecule is Cc1cc(C)c(C(=O)OC[C@@H]2CCC[N+]3(C)CCCC[C@H]23)cc1C.[I-]. The number of benzene rings is 1. The molecule has 2 heterocycles. The Morgan fingerprint density at radius 2 is 1.72 bits per heavy atom. The van der Waals surface area contributed by atoms with E-state index in [0.717, 1.165) is 16.7 Å². The van der Waals surface area contributed by atoms with Gasteiger partial charge in [-0.3, -0.25) is 0 Å². The highest BCUT2D eigenvalue weighted by Gasteiger charge is 2.43. The van der Waals surface area contributed by atoms with Gasteiger partial charge in [-0.25, -0.2) is 4.79 Å². The van der Waals surface area contributed by atoms with E-state index < -0.39 is 0 Å². The lowest BCUT2D eigenvalue weighted by molar-refractivity contribution is -0.947. The first-order chi connectivity index (χ1) is 11.4. The minimum absolute atomic E-state index is 0. The second-order valence-corrected chi connectivity index (χ2v) is 8.24. The first kappa shape index (κ1) is 20.7. The molecule has 3 rings (SSSR count). The molecule has 25 heavy (non-hydrogen) atoms. The average Bonchev–Trinajstić information content (AvgIpc) is 2.55. The normalized spacial score (nSPS) is 28.6. The van der Waals surface area contributed by atoms with Crippen molar-refractivity contribution in [2.45, 2.75) is 58.9 Å². The Bertz CT molecular complexity index is 627. The molecular weight excluding hydrogens is 425 g/mol. The number of hydrogen-bond donors (Lipinski definition) is 0. The highest BCUT2D eigenvalue weighted by molar-refractivity contribution is 5.91. The number of esters is 1. The zero-order valence-corrected chi connectivity index (χ0v) is 18.3. The second kappa shape index (κ2) is 8.38. The number of nitrogens with zero attached hydrogens (tertiary/aromatic N) is 1. The van der Waals surface area contributed by atoms with E-state index in [4.69, 9.17) is 4.74 Å². The van der Waals surface area contributed by atoms with Crippen molar-refractivity contribution in [3.63, 3.8) is 0 Å². The minimum atomic E-state index is -0.147.